The summed E-state index contributed by atoms with van der Waals surface area (Å²) in [5.74, 6) is 0.721. The average molecular weight is 406 g/mol. The summed E-state index contributed by atoms with van der Waals surface area (Å²) >= 11 is 7.61. The maximum absolute atomic E-state index is 12.5. The molecule has 1 aliphatic rings. The average Bonchev–Trinajstić information content (AvgIpc) is 3.22. The van der Waals surface area contributed by atoms with E-state index in [-0.39, 0.29) is 12.5 Å². The number of carbonyl (C=O) groups excluding carboxylic acids is 1. The quantitative estimate of drug-likeness (QED) is 0.592. The van der Waals surface area contributed by atoms with Crippen molar-refractivity contribution >= 4 is 40.5 Å². The van der Waals surface area contributed by atoms with Gasteiger partial charge >= 0.3 is 0 Å². The third-order valence-electron chi connectivity index (χ3n) is 4.49. The first-order valence-corrected chi connectivity index (χ1v) is 10.2. The van der Waals surface area contributed by atoms with Gasteiger partial charge in [-0.2, -0.15) is 11.3 Å². The summed E-state index contributed by atoms with van der Waals surface area (Å²) in [6.07, 6.45) is 0. The maximum Gasteiger partial charge on any atom is 0.242 e. The van der Waals surface area contributed by atoms with E-state index < -0.39 is 0 Å². The molecule has 144 valence electrons. The van der Waals surface area contributed by atoms with Crippen molar-refractivity contribution < 1.29 is 4.79 Å². The fraction of sp³-hybridized carbons (Fsp3) is 0.368. The van der Waals surface area contributed by atoms with Crippen molar-refractivity contribution in [2.24, 2.45) is 4.99 Å². The smallest absolute Gasteiger partial charge is 0.242 e. The van der Waals surface area contributed by atoms with Crippen LogP contribution in [0.3, 0.4) is 0 Å². The van der Waals surface area contributed by atoms with Crippen LogP contribution in [0.15, 0.2) is 46.1 Å². The molecule has 1 saturated heterocycles. The van der Waals surface area contributed by atoms with Gasteiger partial charge in [-0.1, -0.05) is 11.6 Å². The number of hydrogen-bond acceptors (Lipinski definition) is 4. The number of rotatable bonds is 5. The molecule has 0 aliphatic carbocycles. The minimum absolute atomic E-state index is 0.0873. The number of halogens is 1. The Balaban J connectivity index is 1.41. The van der Waals surface area contributed by atoms with Gasteiger partial charge in [0.2, 0.25) is 5.91 Å². The molecule has 2 aromatic rings. The lowest BCUT2D eigenvalue weighted by molar-refractivity contribution is -0.130. The molecule has 0 saturated carbocycles. The molecular weight excluding hydrogens is 382 g/mol. The Labute approximate surface area is 168 Å². The van der Waals surface area contributed by atoms with Crippen molar-refractivity contribution in [2.45, 2.75) is 6.54 Å². The molecule has 0 radical (unpaired) electrons. The number of amides is 1. The lowest BCUT2D eigenvalue weighted by atomic mass is 10.2. The van der Waals surface area contributed by atoms with Crippen LogP contribution in [0.5, 0.6) is 0 Å². The van der Waals surface area contributed by atoms with Crippen molar-refractivity contribution in [2.75, 3.05) is 44.7 Å². The van der Waals surface area contributed by atoms with Crippen LogP contribution in [-0.2, 0) is 11.3 Å². The van der Waals surface area contributed by atoms with E-state index in [1.54, 1.807) is 18.4 Å². The molecule has 2 heterocycles. The van der Waals surface area contributed by atoms with Crippen molar-refractivity contribution in [1.82, 2.24) is 15.5 Å². The van der Waals surface area contributed by atoms with Gasteiger partial charge in [0, 0.05) is 50.5 Å². The van der Waals surface area contributed by atoms with Crippen LogP contribution in [0.4, 0.5) is 5.69 Å². The Kier molecular flexibility index (Phi) is 6.95. The summed E-state index contributed by atoms with van der Waals surface area (Å²) in [5.41, 5.74) is 2.34. The Morgan fingerprint density at radius 1 is 1.15 bits per heavy atom. The molecule has 1 aromatic heterocycles. The first-order chi connectivity index (χ1) is 13.2. The molecule has 27 heavy (non-hydrogen) atoms. The Morgan fingerprint density at radius 2 is 1.89 bits per heavy atom. The molecule has 1 aromatic carbocycles. The molecule has 2 N–H and O–H groups in total. The van der Waals surface area contributed by atoms with Gasteiger partial charge in [0.1, 0.15) is 0 Å². The molecule has 8 heteroatoms. The van der Waals surface area contributed by atoms with Gasteiger partial charge in [-0.25, -0.2) is 0 Å². The highest BCUT2D eigenvalue weighted by molar-refractivity contribution is 7.07. The first kappa shape index (κ1) is 19.5. The monoisotopic (exact) mass is 405 g/mol. The standard InChI is InChI=1S/C19H24ClN5OS/c1-21-19(22-12-15-6-11-27-14-15)23-13-18(26)25-9-7-24(8-10-25)17-4-2-16(20)3-5-17/h2-6,11,14H,7-10,12-13H2,1H3,(H2,21,22,23). The summed E-state index contributed by atoms with van der Waals surface area (Å²) in [4.78, 5) is 20.8. The highest BCUT2D eigenvalue weighted by atomic mass is 35.5. The van der Waals surface area contributed by atoms with Gasteiger partial charge in [0.25, 0.3) is 0 Å². The normalized spacial score (nSPS) is 15.0. The van der Waals surface area contributed by atoms with Crippen LogP contribution in [0.1, 0.15) is 5.56 Å². The van der Waals surface area contributed by atoms with Gasteiger partial charge < -0.3 is 20.4 Å². The molecule has 0 unspecified atom stereocenters. The lowest BCUT2D eigenvalue weighted by Crippen LogP contribution is -2.52. The molecule has 3 rings (SSSR count). The highest BCUT2D eigenvalue weighted by Gasteiger charge is 2.21. The Bertz CT molecular complexity index is 755. The Morgan fingerprint density at radius 3 is 2.52 bits per heavy atom. The predicted molar refractivity (Wildman–Crippen MR) is 113 cm³/mol. The first-order valence-electron chi connectivity index (χ1n) is 8.89. The van der Waals surface area contributed by atoms with Crippen molar-refractivity contribution in [3.63, 3.8) is 0 Å². The van der Waals surface area contributed by atoms with E-state index in [1.165, 1.54) is 5.56 Å². The molecule has 1 aliphatic heterocycles. The molecule has 1 fully saturated rings. The third kappa shape index (κ3) is 5.61. The number of hydrogen-bond donors (Lipinski definition) is 2. The van der Waals surface area contributed by atoms with E-state index in [4.69, 9.17) is 11.6 Å². The minimum Gasteiger partial charge on any atom is -0.368 e. The van der Waals surface area contributed by atoms with Gasteiger partial charge in [-0.15, -0.1) is 0 Å². The number of aliphatic imine (C=N–C) groups is 1. The zero-order valence-corrected chi connectivity index (χ0v) is 16.9. The second-order valence-corrected chi connectivity index (χ2v) is 7.47. The maximum atomic E-state index is 12.5. The van der Waals surface area contributed by atoms with E-state index in [9.17, 15) is 4.79 Å². The van der Waals surface area contributed by atoms with E-state index >= 15 is 0 Å². The number of thiophene rings is 1. The molecule has 0 spiro atoms. The second kappa shape index (κ2) is 9.62. The van der Waals surface area contributed by atoms with E-state index in [0.29, 0.717) is 25.6 Å². The van der Waals surface area contributed by atoms with Crippen LogP contribution >= 0.6 is 22.9 Å². The van der Waals surface area contributed by atoms with Crippen molar-refractivity contribution in [1.29, 1.82) is 0 Å². The Hall–Kier alpha value is -2.25. The molecule has 0 atom stereocenters. The van der Waals surface area contributed by atoms with Crippen LogP contribution in [0.2, 0.25) is 5.02 Å². The number of benzene rings is 1. The fourth-order valence-corrected chi connectivity index (χ4v) is 3.73. The summed E-state index contributed by atoms with van der Waals surface area (Å²) in [7, 11) is 1.71. The van der Waals surface area contributed by atoms with Crippen molar-refractivity contribution in [3.8, 4) is 0 Å². The largest absolute Gasteiger partial charge is 0.368 e. The third-order valence-corrected chi connectivity index (χ3v) is 5.48. The van der Waals surface area contributed by atoms with Crippen LogP contribution in [0.25, 0.3) is 0 Å². The van der Waals surface area contributed by atoms with Crippen LogP contribution < -0.4 is 15.5 Å². The lowest BCUT2D eigenvalue weighted by Gasteiger charge is -2.36. The summed E-state index contributed by atoms with van der Waals surface area (Å²) in [5, 5.41) is 11.2. The number of nitrogens with zero attached hydrogens (tertiary/aromatic N) is 3. The van der Waals surface area contributed by atoms with Gasteiger partial charge in [0.05, 0.1) is 6.54 Å². The number of anilines is 1. The molecule has 0 bridgehead atoms. The minimum atomic E-state index is 0.0873. The zero-order valence-electron chi connectivity index (χ0n) is 15.3. The number of nitrogens with one attached hydrogen (secondary N) is 2. The number of carbonyl (C=O) groups is 1. The van der Waals surface area contributed by atoms with Gasteiger partial charge in [0.15, 0.2) is 5.96 Å². The van der Waals surface area contributed by atoms with E-state index in [0.717, 1.165) is 23.8 Å². The summed E-state index contributed by atoms with van der Waals surface area (Å²) in [6, 6.07) is 9.89. The topological polar surface area (TPSA) is 60.0 Å². The SMILES string of the molecule is CN=C(NCC(=O)N1CCN(c2ccc(Cl)cc2)CC1)NCc1ccsc1. The van der Waals surface area contributed by atoms with E-state index in [2.05, 4.69) is 32.0 Å². The zero-order chi connectivity index (χ0) is 19.1. The van der Waals surface area contributed by atoms with Gasteiger partial charge in [-0.3, -0.25) is 9.79 Å². The predicted octanol–water partition coefficient (Wildman–Crippen LogP) is 2.42. The van der Waals surface area contributed by atoms with Crippen LogP contribution in [-0.4, -0.2) is 56.5 Å². The molecule has 6 nitrogen and oxygen atoms in total. The van der Waals surface area contributed by atoms with Crippen LogP contribution in [0, 0.1) is 0 Å². The number of guanidine groups is 1. The van der Waals surface area contributed by atoms with Crippen molar-refractivity contribution in [3.05, 3.63) is 51.7 Å². The van der Waals surface area contributed by atoms with E-state index in [1.807, 2.05) is 34.5 Å². The fourth-order valence-electron chi connectivity index (χ4n) is 2.94. The second-order valence-electron chi connectivity index (χ2n) is 6.26. The van der Waals surface area contributed by atoms with Gasteiger partial charge in [-0.05, 0) is 46.7 Å². The molecule has 1 amide bonds. The summed E-state index contributed by atoms with van der Waals surface area (Å²) in [6.45, 7) is 3.99. The molecular formula is C19H24ClN5OS. The number of piperazine rings is 1. The highest BCUT2D eigenvalue weighted by Crippen LogP contribution is 2.19. The summed E-state index contributed by atoms with van der Waals surface area (Å²) < 4.78 is 0.